The molecule has 2 aromatic rings. The van der Waals surface area contributed by atoms with Crippen molar-refractivity contribution in [1.82, 2.24) is 4.57 Å². The summed E-state index contributed by atoms with van der Waals surface area (Å²) in [5, 5.41) is 1.04. The van der Waals surface area contributed by atoms with Crippen LogP contribution in [0, 0.1) is 0 Å². The highest BCUT2D eigenvalue weighted by Crippen LogP contribution is 2.22. The predicted octanol–water partition coefficient (Wildman–Crippen LogP) is 3.13. The van der Waals surface area contributed by atoms with Crippen LogP contribution in [0.15, 0.2) is 30.5 Å². The molecule has 0 aliphatic carbocycles. The largest absolute Gasteiger partial charge is 0.370 e. The van der Waals surface area contributed by atoms with E-state index >= 15 is 0 Å². The van der Waals surface area contributed by atoms with E-state index in [1.165, 1.54) is 0 Å². The SMILES string of the molecule is CCCn1ccc2cc(OOC(=O)CCl)ccc21. The Labute approximate surface area is 110 Å². The molecule has 0 radical (unpaired) electrons. The molecule has 0 bridgehead atoms. The van der Waals surface area contributed by atoms with Gasteiger partial charge in [-0.3, -0.25) is 4.89 Å². The first-order chi connectivity index (χ1) is 8.74. The van der Waals surface area contributed by atoms with Gasteiger partial charge in [-0.2, -0.15) is 0 Å². The average molecular weight is 268 g/mol. The fourth-order valence-corrected chi connectivity index (χ4v) is 1.83. The van der Waals surface area contributed by atoms with Gasteiger partial charge in [-0.25, -0.2) is 9.68 Å². The number of fused-ring (bicyclic) bond motifs is 1. The number of halogens is 1. The quantitative estimate of drug-likeness (QED) is 0.475. The van der Waals surface area contributed by atoms with Crippen LogP contribution in [0.1, 0.15) is 13.3 Å². The molecule has 0 saturated carbocycles. The van der Waals surface area contributed by atoms with Gasteiger partial charge in [0.15, 0.2) is 5.75 Å². The molecule has 18 heavy (non-hydrogen) atoms. The molecule has 0 saturated heterocycles. The summed E-state index contributed by atoms with van der Waals surface area (Å²) >= 11 is 5.29. The summed E-state index contributed by atoms with van der Waals surface area (Å²) in [7, 11) is 0. The van der Waals surface area contributed by atoms with Crippen molar-refractivity contribution in [1.29, 1.82) is 0 Å². The van der Waals surface area contributed by atoms with Crippen molar-refractivity contribution >= 4 is 28.5 Å². The lowest BCUT2D eigenvalue weighted by atomic mass is 10.2. The minimum Gasteiger partial charge on any atom is -0.347 e. The third-order valence-electron chi connectivity index (χ3n) is 2.55. The predicted molar refractivity (Wildman–Crippen MR) is 69.7 cm³/mol. The summed E-state index contributed by atoms with van der Waals surface area (Å²) in [6, 6.07) is 7.52. The Morgan fingerprint density at radius 1 is 1.39 bits per heavy atom. The Balaban J connectivity index is 2.15. The zero-order valence-corrected chi connectivity index (χ0v) is 10.8. The van der Waals surface area contributed by atoms with Gasteiger partial charge in [0.2, 0.25) is 0 Å². The standard InChI is InChI=1S/C13H14ClNO3/c1-2-6-15-7-5-10-8-11(3-4-12(10)15)17-18-13(16)9-14/h3-5,7-8H,2,6,9H2,1H3. The monoisotopic (exact) mass is 267 g/mol. The second kappa shape index (κ2) is 5.78. The van der Waals surface area contributed by atoms with Gasteiger partial charge in [-0.1, -0.05) is 6.92 Å². The van der Waals surface area contributed by atoms with Crippen LogP contribution >= 0.6 is 11.6 Å². The Morgan fingerprint density at radius 3 is 2.94 bits per heavy atom. The van der Waals surface area contributed by atoms with Crippen molar-refractivity contribution in [2.45, 2.75) is 19.9 Å². The summed E-state index contributed by atoms with van der Waals surface area (Å²) in [6.07, 6.45) is 3.11. The number of nitrogens with zero attached hydrogens (tertiary/aromatic N) is 1. The molecular weight excluding hydrogens is 254 g/mol. The zero-order valence-electron chi connectivity index (χ0n) is 10.1. The summed E-state index contributed by atoms with van der Waals surface area (Å²) in [6.45, 7) is 3.11. The van der Waals surface area contributed by atoms with E-state index in [9.17, 15) is 4.79 Å². The van der Waals surface area contributed by atoms with Crippen LogP contribution in [0.25, 0.3) is 10.9 Å². The van der Waals surface area contributed by atoms with Crippen molar-refractivity contribution in [3.63, 3.8) is 0 Å². The van der Waals surface area contributed by atoms with Crippen LogP contribution in [-0.4, -0.2) is 16.4 Å². The molecule has 0 spiro atoms. The van der Waals surface area contributed by atoms with Gasteiger partial charge in [0, 0.05) is 23.6 Å². The molecule has 0 fully saturated rings. The highest BCUT2D eigenvalue weighted by atomic mass is 35.5. The van der Waals surface area contributed by atoms with Crippen LogP contribution in [0.3, 0.4) is 0 Å². The van der Waals surface area contributed by atoms with E-state index in [4.69, 9.17) is 16.5 Å². The number of hydrogen-bond donors (Lipinski definition) is 0. The zero-order chi connectivity index (χ0) is 13.0. The Bertz CT molecular complexity index is 550. The lowest BCUT2D eigenvalue weighted by Gasteiger charge is -2.05. The molecule has 1 heterocycles. The van der Waals surface area contributed by atoms with Crippen LogP contribution in [0.2, 0.25) is 0 Å². The van der Waals surface area contributed by atoms with Gasteiger partial charge >= 0.3 is 5.97 Å². The number of carbonyl (C=O) groups excluding carboxylic acids is 1. The molecule has 5 heteroatoms. The van der Waals surface area contributed by atoms with Gasteiger partial charge in [0.1, 0.15) is 5.88 Å². The molecule has 0 amide bonds. The maximum absolute atomic E-state index is 10.9. The average Bonchev–Trinajstić information content (AvgIpc) is 2.79. The first kappa shape index (κ1) is 12.8. The van der Waals surface area contributed by atoms with E-state index in [1.54, 1.807) is 6.07 Å². The first-order valence-electron chi connectivity index (χ1n) is 5.77. The van der Waals surface area contributed by atoms with Gasteiger partial charge < -0.3 is 4.57 Å². The maximum Gasteiger partial charge on any atom is 0.370 e. The van der Waals surface area contributed by atoms with Crippen molar-refractivity contribution in [2.75, 3.05) is 5.88 Å². The lowest BCUT2D eigenvalue weighted by molar-refractivity contribution is -0.210. The normalized spacial score (nSPS) is 10.6. The number of aryl methyl sites for hydroxylation is 1. The van der Waals surface area contributed by atoms with E-state index in [0.717, 1.165) is 23.9 Å². The number of benzene rings is 1. The molecule has 1 aromatic heterocycles. The highest BCUT2D eigenvalue weighted by Gasteiger charge is 2.05. The highest BCUT2D eigenvalue weighted by molar-refractivity contribution is 6.26. The molecule has 96 valence electrons. The Morgan fingerprint density at radius 2 is 2.22 bits per heavy atom. The molecule has 0 unspecified atom stereocenters. The lowest BCUT2D eigenvalue weighted by Crippen LogP contribution is -2.08. The fraction of sp³-hybridized carbons (Fsp3) is 0.308. The van der Waals surface area contributed by atoms with E-state index < -0.39 is 5.97 Å². The molecule has 0 atom stereocenters. The summed E-state index contributed by atoms with van der Waals surface area (Å²) in [5.41, 5.74) is 1.13. The van der Waals surface area contributed by atoms with Crippen molar-refractivity contribution in [3.05, 3.63) is 30.5 Å². The van der Waals surface area contributed by atoms with E-state index in [-0.39, 0.29) is 5.88 Å². The van der Waals surface area contributed by atoms with Gasteiger partial charge in [-0.15, -0.1) is 11.6 Å². The summed E-state index contributed by atoms with van der Waals surface area (Å²) < 4.78 is 2.17. The van der Waals surface area contributed by atoms with E-state index in [0.29, 0.717) is 5.75 Å². The van der Waals surface area contributed by atoms with Crippen molar-refractivity contribution < 1.29 is 14.6 Å². The van der Waals surface area contributed by atoms with E-state index in [1.807, 2.05) is 24.4 Å². The third kappa shape index (κ3) is 2.76. The van der Waals surface area contributed by atoms with Crippen LogP contribution in [-0.2, 0) is 16.2 Å². The van der Waals surface area contributed by atoms with Gasteiger partial charge in [-0.05, 0) is 30.7 Å². The number of hydrogen-bond acceptors (Lipinski definition) is 3. The summed E-state index contributed by atoms with van der Waals surface area (Å²) in [5.74, 6) is -0.356. The first-order valence-corrected chi connectivity index (χ1v) is 6.30. The topological polar surface area (TPSA) is 40.5 Å². The summed E-state index contributed by atoms with van der Waals surface area (Å²) in [4.78, 5) is 20.3. The van der Waals surface area contributed by atoms with Gasteiger partial charge in [0.05, 0.1) is 0 Å². The smallest absolute Gasteiger partial charge is 0.347 e. The van der Waals surface area contributed by atoms with Crippen LogP contribution in [0.4, 0.5) is 0 Å². The van der Waals surface area contributed by atoms with E-state index in [2.05, 4.69) is 16.4 Å². The Hall–Kier alpha value is -1.68. The molecule has 0 N–H and O–H groups in total. The Kier molecular flexibility index (Phi) is 4.10. The molecule has 1 aromatic carbocycles. The molecule has 0 aliphatic rings. The molecule has 4 nitrogen and oxygen atoms in total. The van der Waals surface area contributed by atoms with Crippen molar-refractivity contribution in [2.24, 2.45) is 0 Å². The number of aromatic nitrogens is 1. The second-order valence-corrected chi connectivity index (χ2v) is 4.17. The number of carbonyl (C=O) groups is 1. The third-order valence-corrected chi connectivity index (χ3v) is 2.77. The van der Waals surface area contributed by atoms with Gasteiger partial charge in [0.25, 0.3) is 0 Å². The van der Waals surface area contributed by atoms with Crippen molar-refractivity contribution in [3.8, 4) is 5.75 Å². The van der Waals surface area contributed by atoms with Crippen LogP contribution in [0.5, 0.6) is 5.75 Å². The minimum atomic E-state index is -0.611. The second-order valence-electron chi connectivity index (χ2n) is 3.90. The number of alkyl halides is 1. The minimum absolute atomic E-state index is 0.227. The van der Waals surface area contributed by atoms with Crippen LogP contribution < -0.4 is 4.89 Å². The fourth-order valence-electron chi connectivity index (χ4n) is 1.78. The molecular formula is C13H14ClNO3. The maximum atomic E-state index is 10.9. The molecule has 0 aliphatic heterocycles. The number of rotatable bonds is 5. The molecule has 2 rings (SSSR count).